The average molecular weight is 575 g/mol. The van der Waals surface area contributed by atoms with E-state index in [2.05, 4.69) is 98.2 Å². The van der Waals surface area contributed by atoms with Crippen LogP contribution in [0.3, 0.4) is 0 Å². The van der Waals surface area contributed by atoms with Crippen molar-refractivity contribution in [3.05, 3.63) is 64.2 Å². The summed E-state index contributed by atoms with van der Waals surface area (Å²) in [5, 5.41) is 4.36. The fraction of sp³-hybridized carbons (Fsp3) is 0.588. The monoisotopic (exact) mass is 574 g/mol. The fourth-order valence-electron chi connectivity index (χ4n) is 7.48. The molecule has 228 valence electrons. The molecule has 1 N–H and O–H groups in total. The van der Waals surface area contributed by atoms with Gasteiger partial charge in [-0.25, -0.2) is 4.98 Å². The summed E-state index contributed by atoms with van der Waals surface area (Å²) in [5.74, 6) is 1.86. The lowest BCUT2D eigenvalue weighted by atomic mass is 9.79. The van der Waals surface area contributed by atoms with Crippen LogP contribution < -0.4 is 20.5 Å². The van der Waals surface area contributed by atoms with Crippen molar-refractivity contribution >= 4 is 16.6 Å². The molecule has 2 aromatic carbocycles. The van der Waals surface area contributed by atoms with E-state index >= 15 is 0 Å². The maximum atomic E-state index is 14.0. The number of methoxy groups -OCH3 is 1. The summed E-state index contributed by atoms with van der Waals surface area (Å²) in [6.45, 7) is 13.1. The van der Waals surface area contributed by atoms with Crippen molar-refractivity contribution in [2.45, 2.75) is 83.6 Å². The van der Waals surface area contributed by atoms with Crippen molar-refractivity contribution < 1.29 is 4.74 Å². The number of ether oxygens (including phenoxy) is 1. The molecule has 3 unspecified atom stereocenters. The zero-order valence-electron chi connectivity index (χ0n) is 26.7. The van der Waals surface area contributed by atoms with Crippen LogP contribution in [0.1, 0.15) is 70.8 Å². The molecular weight excluding hydrogens is 524 g/mol. The van der Waals surface area contributed by atoms with Crippen LogP contribution in [-0.4, -0.2) is 78.8 Å². The van der Waals surface area contributed by atoms with E-state index in [1.165, 1.54) is 5.56 Å². The Morgan fingerprint density at radius 1 is 1.07 bits per heavy atom. The second kappa shape index (κ2) is 12.7. The number of aromatic nitrogens is 2. The molecule has 8 nitrogen and oxygen atoms in total. The molecule has 3 atom stereocenters. The third-order valence-electron chi connectivity index (χ3n) is 9.59. The number of para-hydroxylation sites is 1. The molecule has 1 aromatic heterocycles. The van der Waals surface area contributed by atoms with Gasteiger partial charge >= 0.3 is 0 Å². The number of anilines is 1. The molecule has 0 spiro atoms. The lowest BCUT2D eigenvalue weighted by Gasteiger charge is -2.47. The van der Waals surface area contributed by atoms with Gasteiger partial charge in [-0.2, -0.15) is 0 Å². The van der Waals surface area contributed by atoms with Crippen molar-refractivity contribution in [1.82, 2.24) is 24.7 Å². The van der Waals surface area contributed by atoms with Gasteiger partial charge in [0, 0.05) is 56.1 Å². The molecule has 0 bridgehead atoms. The van der Waals surface area contributed by atoms with Crippen LogP contribution in [0.4, 0.5) is 5.69 Å². The SMILES string of the molecule is CCCC(c1nc2ccc(N3CCC(c4ccccc4OC)(N(C)C)CC3)cc2c(=O)n1CC)N1CC(C)NC(C)C1. The molecule has 3 aromatic rings. The standard InChI is InChI=1S/C34H50N6O2/c1-8-12-30(39-22-24(3)35-25(4)23-39)32-36-29-16-15-26(21-27(29)33(41)40(32)9-2)38-19-17-34(18-20-38,37(5)6)28-13-10-11-14-31(28)42-7/h10-11,13-16,21,24-25,30,35H,8-9,12,17-20,22-23H2,1-7H3. The van der Waals surface area contributed by atoms with Crippen LogP contribution in [0.25, 0.3) is 10.9 Å². The number of hydrogen-bond acceptors (Lipinski definition) is 7. The van der Waals surface area contributed by atoms with Gasteiger partial charge in [-0.15, -0.1) is 0 Å². The highest BCUT2D eigenvalue weighted by Crippen LogP contribution is 2.42. The first-order valence-corrected chi connectivity index (χ1v) is 15.8. The van der Waals surface area contributed by atoms with Gasteiger partial charge in [0.2, 0.25) is 0 Å². The van der Waals surface area contributed by atoms with E-state index in [0.717, 1.165) is 74.6 Å². The highest BCUT2D eigenvalue weighted by molar-refractivity contribution is 5.82. The van der Waals surface area contributed by atoms with E-state index in [0.29, 0.717) is 24.0 Å². The normalized spacial score (nSPS) is 22.0. The van der Waals surface area contributed by atoms with Crippen LogP contribution in [0.15, 0.2) is 47.3 Å². The number of fused-ring (bicyclic) bond motifs is 1. The molecule has 0 amide bonds. The third-order valence-corrected chi connectivity index (χ3v) is 9.59. The van der Waals surface area contributed by atoms with Crippen molar-refractivity contribution in [1.29, 1.82) is 0 Å². The zero-order chi connectivity index (χ0) is 30.0. The Morgan fingerprint density at radius 3 is 2.38 bits per heavy atom. The quantitative estimate of drug-likeness (QED) is 0.386. The van der Waals surface area contributed by atoms with Gasteiger partial charge in [0.15, 0.2) is 0 Å². The van der Waals surface area contributed by atoms with Crippen LogP contribution in [-0.2, 0) is 12.1 Å². The van der Waals surface area contributed by atoms with Crippen molar-refractivity contribution in [3.63, 3.8) is 0 Å². The minimum atomic E-state index is -0.0986. The second-order valence-corrected chi connectivity index (χ2v) is 12.6. The van der Waals surface area contributed by atoms with E-state index in [1.54, 1.807) is 7.11 Å². The van der Waals surface area contributed by atoms with Crippen LogP contribution in [0, 0.1) is 0 Å². The van der Waals surface area contributed by atoms with Crippen molar-refractivity contribution in [2.24, 2.45) is 0 Å². The summed E-state index contributed by atoms with van der Waals surface area (Å²) >= 11 is 0. The van der Waals surface area contributed by atoms with Gasteiger partial charge in [-0.05, 0) is 78.4 Å². The van der Waals surface area contributed by atoms with Gasteiger partial charge in [-0.3, -0.25) is 19.2 Å². The summed E-state index contributed by atoms with van der Waals surface area (Å²) < 4.78 is 7.70. The number of nitrogens with zero attached hydrogens (tertiary/aromatic N) is 5. The Morgan fingerprint density at radius 2 is 1.76 bits per heavy atom. The van der Waals surface area contributed by atoms with Gasteiger partial charge in [0.1, 0.15) is 11.6 Å². The van der Waals surface area contributed by atoms with E-state index in [-0.39, 0.29) is 17.1 Å². The molecule has 2 fully saturated rings. The maximum absolute atomic E-state index is 14.0. The Kier molecular flexibility index (Phi) is 9.26. The highest BCUT2D eigenvalue weighted by Gasteiger charge is 2.40. The fourth-order valence-corrected chi connectivity index (χ4v) is 7.48. The number of piperazine rings is 1. The van der Waals surface area contributed by atoms with E-state index in [1.807, 2.05) is 10.6 Å². The van der Waals surface area contributed by atoms with Crippen molar-refractivity contribution in [2.75, 3.05) is 52.3 Å². The molecule has 2 saturated heterocycles. The number of hydrogen-bond donors (Lipinski definition) is 1. The highest BCUT2D eigenvalue weighted by atomic mass is 16.5. The summed E-state index contributed by atoms with van der Waals surface area (Å²) in [6, 6.07) is 15.7. The molecule has 42 heavy (non-hydrogen) atoms. The van der Waals surface area contributed by atoms with E-state index < -0.39 is 0 Å². The number of piperidine rings is 1. The summed E-state index contributed by atoms with van der Waals surface area (Å²) in [5.41, 5.74) is 3.12. The van der Waals surface area contributed by atoms with Gasteiger partial charge in [0.05, 0.1) is 29.6 Å². The van der Waals surface area contributed by atoms with Crippen LogP contribution in [0.2, 0.25) is 0 Å². The topological polar surface area (TPSA) is 65.9 Å². The molecule has 0 radical (unpaired) electrons. The zero-order valence-corrected chi connectivity index (χ0v) is 26.7. The smallest absolute Gasteiger partial charge is 0.261 e. The van der Waals surface area contributed by atoms with Gasteiger partial charge in [0.25, 0.3) is 5.56 Å². The minimum absolute atomic E-state index is 0.0744. The van der Waals surface area contributed by atoms with Gasteiger partial charge in [-0.1, -0.05) is 31.5 Å². The van der Waals surface area contributed by atoms with Crippen LogP contribution >= 0.6 is 0 Å². The predicted molar refractivity (Wildman–Crippen MR) is 173 cm³/mol. The molecule has 2 aliphatic heterocycles. The molecule has 5 rings (SSSR count). The Bertz CT molecular complexity index is 1420. The predicted octanol–water partition coefficient (Wildman–Crippen LogP) is 5.01. The second-order valence-electron chi connectivity index (χ2n) is 12.6. The molecule has 0 saturated carbocycles. The summed E-state index contributed by atoms with van der Waals surface area (Å²) in [6.07, 6.45) is 3.97. The van der Waals surface area contributed by atoms with E-state index in [9.17, 15) is 4.79 Å². The lowest BCUT2D eigenvalue weighted by molar-refractivity contribution is 0.109. The number of nitrogens with one attached hydrogen (secondary N) is 1. The first kappa shape index (κ1) is 30.5. The van der Waals surface area contributed by atoms with Gasteiger partial charge < -0.3 is 15.0 Å². The first-order valence-electron chi connectivity index (χ1n) is 15.8. The molecule has 2 aliphatic rings. The molecule has 8 heteroatoms. The largest absolute Gasteiger partial charge is 0.496 e. The number of rotatable bonds is 9. The number of benzene rings is 2. The summed E-state index contributed by atoms with van der Waals surface area (Å²) in [7, 11) is 6.09. The third kappa shape index (κ3) is 5.69. The van der Waals surface area contributed by atoms with Crippen LogP contribution in [0.5, 0.6) is 5.75 Å². The lowest BCUT2D eigenvalue weighted by Crippen LogP contribution is -2.55. The Hall–Kier alpha value is -2.94. The Balaban J connectivity index is 1.46. The molecular formula is C34H50N6O2. The first-order chi connectivity index (χ1) is 20.2. The minimum Gasteiger partial charge on any atom is -0.496 e. The van der Waals surface area contributed by atoms with E-state index in [4.69, 9.17) is 9.72 Å². The molecule has 3 heterocycles. The maximum Gasteiger partial charge on any atom is 0.261 e. The summed E-state index contributed by atoms with van der Waals surface area (Å²) in [4.78, 5) is 26.5. The molecule has 0 aliphatic carbocycles. The average Bonchev–Trinajstić information content (AvgIpc) is 2.99. The Labute approximate surface area is 251 Å². The van der Waals surface area contributed by atoms with Crippen molar-refractivity contribution in [3.8, 4) is 5.75 Å².